The minimum Gasteiger partial charge on any atom is -0.329 e. The number of nitrogens with zero attached hydrogens (tertiary/aromatic N) is 4. The lowest BCUT2D eigenvalue weighted by Gasteiger charge is -2.36. The Balaban J connectivity index is 1.76. The Labute approximate surface area is 135 Å². The van der Waals surface area contributed by atoms with Crippen molar-refractivity contribution in [1.82, 2.24) is 19.4 Å². The summed E-state index contributed by atoms with van der Waals surface area (Å²) in [5.41, 5.74) is 0.335. The van der Waals surface area contributed by atoms with Crippen LogP contribution in [0.1, 0.15) is 6.92 Å². The van der Waals surface area contributed by atoms with Gasteiger partial charge in [-0.3, -0.25) is 4.90 Å². The van der Waals surface area contributed by atoms with E-state index in [1.165, 1.54) is 12.1 Å². The van der Waals surface area contributed by atoms with Crippen LogP contribution in [-0.2, 0) is 6.54 Å². The van der Waals surface area contributed by atoms with Crippen molar-refractivity contribution in [3.8, 4) is 11.4 Å². The number of piperazine rings is 1. The Bertz CT molecular complexity index is 662. The van der Waals surface area contributed by atoms with Crippen molar-refractivity contribution in [3.05, 3.63) is 42.2 Å². The van der Waals surface area contributed by atoms with Gasteiger partial charge in [0.2, 0.25) is 0 Å². The summed E-state index contributed by atoms with van der Waals surface area (Å²) in [4.78, 5) is 9.02. The van der Waals surface area contributed by atoms with Gasteiger partial charge in [0, 0.05) is 57.2 Å². The fourth-order valence-electron chi connectivity index (χ4n) is 3.03. The van der Waals surface area contributed by atoms with Gasteiger partial charge in [-0.25, -0.2) is 13.8 Å². The molecular formula is C17H22F2N4. The molecule has 4 nitrogen and oxygen atoms in total. The van der Waals surface area contributed by atoms with Crippen molar-refractivity contribution >= 4 is 0 Å². The SMILES string of the molecule is CC(Cn1ccnc1-c1ccc(F)cc1F)N1CCN(C)CC1. The second kappa shape index (κ2) is 6.76. The molecule has 1 aliphatic heterocycles. The first kappa shape index (κ1) is 16.1. The van der Waals surface area contributed by atoms with Gasteiger partial charge in [0.05, 0.1) is 5.56 Å². The fraction of sp³-hybridized carbons (Fsp3) is 0.471. The van der Waals surface area contributed by atoms with E-state index in [9.17, 15) is 8.78 Å². The number of hydrogen-bond donors (Lipinski definition) is 0. The van der Waals surface area contributed by atoms with Crippen LogP contribution < -0.4 is 0 Å². The summed E-state index contributed by atoms with van der Waals surface area (Å²) in [6.45, 7) is 7.10. The van der Waals surface area contributed by atoms with E-state index in [2.05, 4.69) is 28.8 Å². The predicted molar refractivity (Wildman–Crippen MR) is 86.1 cm³/mol. The maximum Gasteiger partial charge on any atom is 0.142 e. The summed E-state index contributed by atoms with van der Waals surface area (Å²) in [6, 6.07) is 3.95. The van der Waals surface area contributed by atoms with Gasteiger partial charge in [-0.05, 0) is 26.1 Å². The first-order valence-electron chi connectivity index (χ1n) is 7.94. The van der Waals surface area contributed by atoms with Gasteiger partial charge >= 0.3 is 0 Å². The molecule has 1 aliphatic rings. The molecule has 3 rings (SSSR count). The summed E-state index contributed by atoms with van der Waals surface area (Å²) in [5.74, 6) is -0.608. The van der Waals surface area contributed by atoms with Gasteiger partial charge in [-0.1, -0.05) is 0 Å². The van der Waals surface area contributed by atoms with Crippen molar-refractivity contribution in [2.45, 2.75) is 19.5 Å². The summed E-state index contributed by atoms with van der Waals surface area (Å²) in [5, 5.41) is 0. The maximum atomic E-state index is 14.0. The van der Waals surface area contributed by atoms with Crippen molar-refractivity contribution < 1.29 is 8.78 Å². The first-order valence-corrected chi connectivity index (χ1v) is 7.94. The molecule has 2 heterocycles. The van der Waals surface area contributed by atoms with Crippen molar-refractivity contribution in [2.24, 2.45) is 0 Å². The molecule has 1 saturated heterocycles. The van der Waals surface area contributed by atoms with E-state index < -0.39 is 11.6 Å². The van der Waals surface area contributed by atoms with E-state index in [4.69, 9.17) is 0 Å². The quantitative estimate of drug-likeness (QED) is 0.865. The standard InChI is InChI=1S/C17H22F2N4/c1-13(22-9-7-21(2)8-10-22)12-23-6-5-20-17(23)15-4-3-14(18)11-16(15)19/h3-6,11,13H,7-10,12H2,1-2H3. The number of hydrogen-bond acceptors (Lipinski definition) is 3. The molecule has 1 fully saturated rings. The van der Waals surface area contributed by atoms with E-state index >= 15 is 0 Å². The lowest BCUT2D eigenvalue weighted by atomic mass is 10.2. The second-order valence-corrected chi connectivity index (χ2v) is 6.22. The van der Waals surface area contributed by atoms with E-state index in [0.717, 1.165) is 38.8 Å². The van der Waals surface area contributed by atoms with Crippen LogP contribution in [0.3, 0.4) is 0 Å². The third-order valence-electron chi connectivity index (χ3n) is 4.51. The van der Waals surface area contributed by atoms with Crippen LogP contribution in [0.2, 0.25) is 0 Å². The maximum absolute atomic E-state index is 14.0. The molecule has 0 radical (unpaired) electrons. The molecule has 0 aliphatic carbocycles. The summed E-state index contributed by atoms with van der Waals surface area (Å²) < 4.78 is 29.1. The highest BCUT2D eigenvalue weighted by atomic mass is 19.1. The number of halogens is 2. The van der Waals surface area contributed by atoms with Crippen LogP contribution >= 0.6 is 0 Å². The van der Waals surface area contributed by atoms with Gasteiger partial charge in [0.1, 0.15) is 17.5 Å². The van der Waals surface area contributed by atoms with Gasteiger partial charge < -0.3 is 9.47 Å². The van der Waals surface area contributed by atoms with Crippen LogP contribution in [0.4, 0.5) is 8.78 Å². The number of imidazole rings is 1. The number of likely N-dealkylation sites (N-methyl/N-ethyl adjacent to an activating group) is 1. The Morgan fingerprint density at radius 1 is 1.17 bits per heavy atom. The lowest BCUT2D eigenvalue weighted by molar-refractivity contribution is 0.111. The summed E-state index contributed by atoms with van der Waals surface area (Å²) >= 11 is 0. The number of benzene rings is 1. The Hall–Kier alpha value is -1.79. The van der Waals surface area contributed by atoms with E-state index in [1.54, 1.807) is 6.20 Å². The number of aromatic nitrogens is 2. The predicted octanol–water partition coefficient (Wildman–Crippen LogP) is 2.46. The highest BCUT2D eigenvalue weighted by Crippen LogP contribution is 2.22. The van der Waals surface area contributed by atoms with Crippen LogP contribution in [0.25, 0.3) is 11.4 Å². The molecule has 124 valence electrons. The van der Waals surface area contributed by atoms with Crippen LogP contribution in [0, 0.1) is 11.6 Å². The molecule has 0 N–H and O–H groups in total. The van der Waals surface area contributed by atoms with Crippen LogP contribution in [-0.4, -0.2) is 58.6 Å². The van der Waals surface area contributed by atoms with E-state index in [1.807, 2.05) is 10.8 Å². The fourth-order valence-corrected chi connectivity index (χ4v) is 3.03. The average Bonchev–Trinajstić information content (AvgIpc) is 2.96. The molecule has 0 spiro atoms. The minimum absolute atomic E-state index is 0.333. The van der Waals surface area contributed by atoms with E-state index in [0.29, 0.717) is 17.4 Å². The Morgan fingerprint density at radius 2 is 1.91 bits per heavy atom. The van der Waals surface area contributed by atoms with E-state index in [-0.39, 0.29) is 0 Å². The molecule has 2 aromatic rings. The molecule has 1 aromatic heterocycles. The zero-order valence-electron chi connectivity index (χ0n) is 13.5. The second-order valence-electron chi connectivity index (χ2n) is 6.22. The van der Waals surface area contributed by atoms with Gasteiger partial charge in [-0.2, -0.15) is 0 Å². The highest BCUT2D eigenvalue weighted by molar-refractivity contribution is 5.56. The molecule has 23 heavy (non-hydrogen) atoms. The third-order valence-corrected chi connectivity index (χ3v) is 4.51. The zero-order valence-corrected chi connectivity index (χ0v) is 13.5. The largest absolute Gasteiger partial charge is 0.329 e. The third kappa shape index (κ3) is 3.59. The van der Waals surface area contributed by atoms with Crippen molar-refractivity contribution in [3.63, 3.8) is 0 Å². The summed E-state index contributed by atoms with van der Waals surface area (Å²) in [7, 11) is 2.13. The van der Waals surface area contributed by atoms with Gasteiger partial charge in [-0.15, -0.1) is 0 Å². The molecule has 0 bridgehead atoms. The van der Waals surface area contributed by atoms with Crippen LogP contribution in [0.5, 0.6) is 0 Å². The highest BCUT2D eigenvalue weighted by Gasteiger charge is 2.21. The minimum atomic E-state index is -0.579. The molecule has 1 aromatic carbocycles. The monoisotopic (exact) mass is 320 g/mol. The van der Waals surface area contributed by atoms with Crippen molar-refractivity contribution in [2.75, 3.05) is 33.2 Å². The molecular weight excluding hydrogens is 298 g/mol. The smallest absolute Gasteiger partial charge is 0.142 e. The number of rotatable bonds is 4. The molecule has 0 saturated carbocycles. The average molecular weight is 320 g/mol. The normalized spacial score (nSPS) is 18.3. The molecule has 0 amide bonds. The van der Waals surface area contributed by atoms with Gasteiger partial charge in [0.15, 0.2) is 0 Å². The Kier molecular flexibility index (Phi) is 4.73. The van der Waals surface area contributed by atoms with Crippen LogP contribution in [0.15, 0.2) is 30.6 Å². The molecule has 1 atom stereocenters. The lowest BCUT2D eigenvalue weighted by Crippen LogP contribution is -2.49. The first-order chi connectivity index (χ1) is 11.0. The van der Waals surface area contributed by atoms with Crippen molar-refractivity contribution in [1.29, 1.82) is 0 Å². The van der Waals surface area contributed by atoms with Gasteiger partial charge in [0.25, 0.3) is 0 Å². The summed E-state index contributed by atoms with van der Waals surface area (Å²) in [6.07, 6.45) is 3.51. The Morgan fingerprint density at radius 3 is 2.61 bits per heavy atom. The molecule has 1 unspecified atom stereocenters. The molecule has 6 heteroatoms. The zero-order chi connectivity index (χ0) is 16.4. The topological polar surface area (TPSA) is 24.3 Å².